The van der Waals surface area contributed by atoms with Gasteiger partial charge < -0.3 is 5.73 Å². The Morgan fingerprint density at radius 2 is 2.31 bits per heavy atom. The molecule has 13 heavy (non-hydrogen) atoms. The van der Waals surface area contributed by atoms with Crippen LogP contribution < -0.4 is 11.3 Å². The lowest BCUT2D eigenvalue weighted by Crippen LogP contribution is -2.28. The number of hydrogen-bond acceptors (Lipinski definition) is 3. The quantitative estimate of drug-likeness (QED) is 0.697. The van der Waals surface area contributed by atoms with Gasteiger partial charge in [-0.05, 0) is 20.3 Å². The van der Waals surface area contributed by atoms with Crippen LogP contribution in [0.5, 0.6) is 0 Å². The van der Waals surface area contributed by atoms with Crippen molar-refractivity contribution in [1.82, 2.24) is 9.55 Å². The summed E-state index contributed by atoms with van der Waals surface area (Å²) in [5.74, 6) is 0.721. The average Bonchev–Trinajstić information content (AvgIpc) is 2.06. The molecule has 0 spiro atoms. The van der Waals surface area contributed by atoms with E-state index in [0.29, 0.717) is 12.0 Å². The Bertz CT molecular complexity index is 354. The first-order chi connectivity index (χ1) is 6.02. The standard InChI is InChI=1S/C9H15N3O/c1-6(10)4-8-5-11-7(2)12(3)9(8)13/h5-6H,4,10H2,1-3H3. The first-order valence-electron chi connectivity index (χ1n) is 4.29. The van der Waals surface area contributed by atoms with Crippen LogP contribution in [0.1, 0.15) is 18.3 Å². The molecule has 1 aromatic heterocycles. The Morgan fingerprint density at radius 1 is 1.69 bits per heavy atom. The molecule has 0 amide bonds. The Hall–Kier alpha value is -1.16. The fourth-order valence-electron chi connectivity index (χ4n) is 1.16. The van der Waals surface area contributed by atoms with Gasteiger partial charge in [0.15, 0.2) is 0 Å². The lowest BCUT2D eigenvalue weighted by molar-refractivity contribution is 0.694. The SMILES string of the molecule is Cc1ncc(CC(C)N)c(=O)n1C. The Morgan fingerprint density at radius 3 is 2.85 bits per heavy atom. The highest BCUT2D eigenvalue weighted by Crippen LogP contribution is 1.95. The summed E-state index contributed by atoms with van der Waals surface area (Å²) in [4.78, 5) is 15.7. The monoisotopic (exact) mass is 181 g/mol. The maximum atomic E-state index is 11.6. The lowest BCUT2D eigenvalue weighted by atomic mass is 10.1. The third-order valence-corrected chi connectivity index (χ3v) is 2.01. The molecule has 72 valence electrons. The van der Waals surface area contributed by atoms with Crippen LogP contribution in [0.25, 0.3) is 0 Å². The van der Waals surface area contributed by atoms with Gasteiger partial charge in [-0.3, -0.25) is 9.36 Å². The van der Waals surface area contributed by atoms with Gasteiger partial charge in [0.2, 0.25) is 0 Å². The van der Waals surface area contributed by atoms with Gasteiger partial charge in [0.1, 0.15) is 5.82 Å². The summed E-state index contributed by atoms with van der Waals surface area (Å²) in [6, 6.07) is -0.00259. The number of nitrogens with zero attached hydrogens (tertiary/aromatic N) is 2. The molecule has 0 saturated heterocycles. The molecular weight excluding hydrogens is 166 g/mol. The summed E-state index contributed by atoms with van der Waals surface area (Å²) < 4.78 is 1.54. The maximum Gasteiger partial charge on any atom is 0.256 e. The summed E-state index contributed by atoms with van der Waals surface area (Å²) in [6.45, 7) is 3.68. The van der Waals surface area contributed by atoms with Gasteiger partial charge in [0.05, 0.1) is 0 Å². The third-order valence-electron chi connectivity index (χ3n) is 2.01. The summed E-state index contributed by atoms with van der Waals surface area (Å²) >= 11 is 0. The number of aromatic nitrogens is 2. The van der Waals surface area contributed by atoms with Crippen LogP contribution in [0.15, 0.2) is 11.0 Å². The van der Waals surface area contributed by atoms with E-state index in [-0.39, 0.29) is 11.6 Å². The zero-order valence-corrected chi connectivity index (χ0v) is 8.24. The zero-order chi connectivity index (χ0) is 10.0. The Balaban J connectivity index is 3.12. The second-order valence-corrected chi connectivity index (χ2v) is 3.38. The van der Waals surface area contributed by atoms with E-state index in [9.17, 15) is 4.79 Å². The van der Waals surface area contributed by atoms with E-state index in [0.717, 1.165) is 5.82 Å². The molecular formula is C9H15N3O. The van der Waals surface area contributed by atoms with E-state index >= 15 is 0 Å². The van der Waals surface area contributed by atoms with Gasteiger partial charge >= 0.3 is 0 Å². The van der Waals surface area contributed by atoms with Crippen molar-refractivity contribution in [2.75, 3.05) is 0 Å². The largest absolute Gasteiger partial charge is 0.328 e. The van der Waals surface area contributed by atoms with Crippen molar-refractivity contribution >= 4 is 0 Å². The van der Waals surface area contributed by atoms with E-state index in [2.05, 4.69) is 4.98 Å². The summed E-state index contributed by atoms with van der Waals surface area (Å²) in [5.41, 5.74) is 6.29. The second-order valence-electron chi connectivity index (χ2n) is 3.38. The van der Waals surface area contributed by atoms with Crippen molar-refractivity contribution in [2.24, 2.45) is 12.8 Å². The van der Waals surface area contributed by atoms with Crippen LogP contribution >= 0.6 is 0 Å². The molecule has 1 aromatic rings. The van der Waals surface area contributed by atoms with Gasteiger partial charge in [0.25, 0.3) is 5.56 Å². The molecule has 0 radical (unpaired) electrons. The van der Waals surface area contributed by atoms with Crippen molar-refractivity contribution < 1.29 is 0 Å². The van der Waals surface area contributed by atoms with Gasteiger partial charge in [0, 0.05) is 24.8 Å². The zero-order valence-electron chi connectivity index (χ0n) is 8.24. The van der Waals surface area contributed by atoms with Crippen molar-refractivity contribution in [2.45, 2.75) is 26.3 Å². The Labute approximate surface area is 77.4 Å². The minimum absolute atomic E-state index is 0.00259. The molecule has 4 heteroatoms. The minimum atomic E-state index is -0.00259. The fraction of sp³-hybridized carbons (Fsp3) is 0.556. The molecule has 0 fully saturated rings. The molecule has 2 N–H and O–H groups in total. The predicted molar refractivity (Wildman–Crippen MR) is 51.6 cm³/mol. The molecule has 1 atom stereocenters. The van der Waals surface area contributed by atoms with Gasteiger partial charge in [-0.2, -0.15) is 0 Å². The van der Waals surface area contributed by atoms with Crippen LogP contribution in [-0.2, 0) is 13.5 Å². The van der Waals surface area contributed by atoms with E-state index in [4.69, 9.17) is 5.73 Å². The molecule has 1 unspecified atom stereocenters. The number of aryl methyl sites for hydroxylation is 1. The topological polar surface area (TPSA) is 60.9 Å². The van der Waals surface area contributed by atoms with Crippen LogP contribution in [0.3, 0.4) is 0 Å². The van der Waals surface area contributed by atoms with Crippen molar-refractivity contribution in [3.8, 4) is 0 Å². The van der Waals surface area contributed by atoms with E-state index in [1.807, 2.05) is 6.92 Å². The minimum Gasteiger partial charge on any atom is -0.328 e. The molecule has 0 aliphatic carbocycles. The van der Waals surface area contributed by atoms with Crippen molar-refractivity contribution in [3.63, 3.8) is 0 Å². The predicted octanol–water partition coefficient (Wildman–Crippen LogP) is -0.0216. The first-order valence-corrected chi connectivity index (χ1v) is 4.29. The van der Waals surface area contributed by atoms with Crippen molar-refractivity contribution in [3.05, 3.63) is 27.9 Å². The molecule has 1 heterocycles. The normalized spacial score (nSPS) is 12.9. The lowest BCUT2D eigenvalue weighted by Gasteiger charge is -2.07. The smallest absolute Gasteiger partial charge is 0.256 e. The van der Waals surface area contributed by atoms with Gasteiger partial charge in [-0.25, -0.2) is 4.98 Å². The van der Waals surface area contributed by atoms with Crippen LogP contribution in [-0.4, -0.2) is 15.6 Å². The molecule has 0 aliphatic heterocycles. The molecule has 0 bridgehead atoms. The van der Waals surface area contributed by atoms with Crippen LogP contribution in [0.2, 0.25) is 0 Å². The van der Waals surface area contributed by atoms with E-state index < -0.39 is 0 Å². The summed E-state index contributed by atoms with van der Waals surface area (Å²) in [6.07, 6.45) is 2.20. The average molecular weight is 181 g/mol. The summed E-state index contributed by atoms with van der Waals surface area (Å²) in [5, 5.41) is 0. The van der Waals surface area contributed by atoms with E-state index in [1.54, 1.807) is 20.2 Å². The Kier molecular flexibility index (Phi) is 2.83. The molecule has 1 rings (SSSR count). The molecule has 0 aliphatic rings. The summed E-state index contributed by atoms with van der Waals surface area (Å²) in [7, 11) is 1.72. The maximum absolute atomic E-state index is 11.6. The first kappa shape index (κ1) is 9.92. The highest BCUT2D eigenvalue weighted by atomic mass is 16.1. The second kappa shape index (κ2) is 3.70. The van der Waals surface area contributed by atoms with Gasteiger partial charge in [-0.1, -0.05) is 0 Å². The highest BCUT2D eigenvalue weighted by Gasteiger charge is 2.05. The van der Waals surface area contributed by atoms with Crippen molar-refractivity contribution in [1.29, 1.82) is 0 Å². The number of rotatable bonds is 2. The van der Waals surface area contributed by atoms with Crippen LogP contribution in [0, 0.1) is 6.92 Å². The molecule has 4 nitrogen and oxygen atoms in total. The van der Waals surface area contributed by atoms with E-state index in [1.165, 1.54) is 4.57 Å². The number of hydrogen-bond donors (Lipinski definition) is 1. The molecule has 0 saturated carbocycles. The van der Waals surface area contributed by atoms with Gasteiger partial charge in [-0.15, -0.1) is 0 Å². The molecule has 0 aromatic carbocycles. The van der Waals surface area contributed by atoms with Crippen LogP contribution in [0.4, 0.5) is 0 Å². The highest BCUT2D eigenvalue weighted by molar-refractivity contribution is 5.08. The third kappa shape index (κ3) is 2.15. The number of nitrogens with two attached hydrogens (primary N) is 1. The fourth-order valence-corrected chi connectivity index (χ4v) is 1.16.